The highest BCUT2D eigenvalue weighted by Crippen LogP contribution is 2.44. The molecule has 0 saturated heterocycles. The van der Waals surface area contributed by atoms with Gasteiger partial charge in [0, 0.05) is 28.5 Å². The van der Waals surface area contributed by atoms with E-state index in [1.807, 2.05) is 55.6 Å². The second-order valence-corrected chi connectivity index (χ2v) is 10.0. The van der Waals surface area contributed by atoms with Crippen molar-refractivity contribution in [3.05, 3.63) is 114 Å². The smallest absolute Gasteiger partial charge is 0.216 e. The van der Waals surface area contributed by atoms with Crippen LogP contribution in [-0.2, 0) is 7.05 Å². The minimum atomic E-state index is 0.398. The van der Waals surface area contributed by atoms with Crippen LogP contribution in [0.4, 0.5) is 0 Å². The predicted octanol–water partition coefficient (Wildman–Crippen LogP) is 8.54. The number of hydrogen-bond donors (Lipinski definition) is 0. The zero-order chi connectivity index (χ0) is 26.8. The first-order valence-electron chi connectivity index (χ1n) is 13.2. The SMILES string of the molecule is [2H]c1c(-c2c(C#N)ccc3c2oc2c(-c4cc(C)cc[n+]4C)c(C)ccc23)c2ccccc2c2ccccc12. The first kappa shape index (κ1) is 21.2. The van der Waals surface area contributed by atoms with Crippen LogP contribution in [0.3, 0.4) is 0 Å². The van der Waals surface area contributed by atoms with E-state index in [-0.39, 0.29) is 0 Å². The summed E-state index contributed by atoms with van der Waals surface area (Å²) in [5.41, 5.74) is 7.71. The van der Waals surface area contributed by atoms with Crippen molar-refractivity contribution in [3.8, 4) is 28.5 Å². The summed E-state index contributed by atoms with van der Waals surface area (Å²) in [4.78, 5) is 0. The molecule has 38 heavy (non-hydrogen) atoms. The third kappa shape index (κ3) is 3.17. The lowest BCUT2D eigenvalue weighted by Gasteiger charge is -2.12. The summed E-state index contributed by atoms with van der Waals surface area (Å²) in [6, 6.07) is 31.3. The summed E-state index contributed by atoms with van der Waals surface area (Å²) >= 11 is 0. The van der Waals surface area contributed by atoms with Gasteiger partial charge in [0.25, 0.3) is 0 Å². The molecule has 0 saturated carbocycles. The fourth-order valence-electron chi connectivity index (χ4n) is 5.75. The van der Waals surface area contributed by atoms with Gasteiger partial charge in [-0.1, -0.05) is 60.7 Å². The molecule has 0 N–H and O–H groups in total. The maximum absolute atomic E-state index is 10.3. The maximum Gasteiger partial charge on any atom is 0.216 e. The number of furan rings is 1. The third-order valence-corrected chi connectivity index (χ3v) is 7.62. The number of rotatable bonds is 2. The average molecular weight is 491 g/mol. The molecule has 2 heterocycles. The zero-order valence-corrected chi connectivity index (χ0v) is 21.5. The summed E-state index contributed by atoms with van der Waals surface area (Å²) in [6.45, 7) is 4.19. The number of aryl methyl sites for hydroxylation is 3. The Kier molecular flexibility index (Phi) is 4.62. The summed E-state index contributed by atoms with van der Waals surface area (Å²) in [7, 11) is 2.04. The van der Waals surface area contributed by atoms with E-state index in [0.717, 1.165) is 60.3 Å². The lowest BCUT2D eigenvalue weighted by atomic mass is 9.90. The number of pyridine rings is 1. The Morgan fingerprint density at radius 1 is 0.763 bits per heavy atom. The normalized spacial score (nSPS) is 11.9. The van der Waals surface area contributed by atoms with Gasteiger partial charge in [-0.25, -0.2) is 4.57 Å². The molecule has 0 spiro atoms. The highest BCUT2D eigenvalue weighted by molar-refractivity contribution is 6.19. The molecule has 0 fully saturated rings. The molecule has 0 bridgehead atoms. The van der Waals surface area contributed by atoms with Crippen molar-refractivity contribution in [2.24, 2.45) is 7.05 Å². The standard InChI is InChI=1S/C35H25N2O/c1-21-16-17-37(3)31(18-21)32-22(2)12-14-28-29-15-13-24(20-36)33(35(29)38-34(28)32)30-19-23-8-4-5-9-25(23)26-10-6-7-11-27(26)30/h4-19H,1-3H3/q+1/i19D. The second-order valence-electron chi connectivity index (χ2n) is 10.0. The molecule has 0 atom stereocenters. The molecule has 2 aromatic heterocycles. The molecule has 0 aliphatic carbocycles. The van der Waals surface area contributed by atoms with Gasteiger partial charge in [-0.15, -0.1) is 0 Å². The number of fused-ring (bicyclic) bond motifs is 6. The lowest BCUT2D eigenvalue weighted by molar-refractivity contribution is -0.660. The minimum Gasteiger partial charge on any atom is -0.454 e. The maximum atomic E-state index is 10.3. The monoisotopic (exact) mass is 490 g/mol. The van der Waals surface area contributed by atoms with Gasteiger partial charge in [0.1, 0.15) is 18.2 Å². The van der Waals surface area contributed by atoms with E-state index < -0.39 is 0 Å². The van der Waals surface area contributed by atoms with Gasteiger partial charge in [0.15, 0.2) is 6.20 Å². The number of nitrogens with zero attached hydrogens (tertiary/aromatic N) is 2. The van der Waals surface area contributed by atoms with Gasteiger partial charge in [0.05, 0.1) is 18.6 Å². The highest BCUT2D eigenvalue weighted by Gasteiger charge is 2.24. The van der Waals surface area contributed by atoms with Crippen molar-refractivity contribution >= 4 is 43.5 Å². The Morgan fingerprint density at radius 3 is 2.24 bits per heavy atom. The molecule has 0 radical (unpaired) electrons. The number of aromatic nitrogens is 1. The molecular formula is C35H25N2O+. The minimum absolute atomic E-state index is 0.398. The number of hydrogen-bond acceptors (Lipinski definition) is 2. The average Bonchev–Trinajstić information content (AvgIpc) is 3.33. The first-order valence-corrected chi connectivity index (χ1v) is 12.7. The van der Waals surface area contributed by atoms with Gasteiger partial charge < -0.3 is 4.42 Å². The van der Waals surface area contributed by atoms with E-state index in [1.165, 1.54) is 5.56 Å². The largest absolute Gasteiger partial charge is 0.454 e. The molecular weight excluding hydrogens is 464 g/mol. The molecule has 5 aromatic carbocycles. The zero-order valence-electron chi connectivity index (χ0n) is 22.5. The Hall–Kier alpha value is -4.94. The highest BCUT2D eigenvalue weighted by atomic mass is 16.3. The summed E-state index contributed by atoms with van der Waals surface area (Å²) in [5.74, 6) is 0. The summed E-state index contributed by atoms with van der Waals surface area (Å²) < 4.78 is 18.3. The molecule has 7 aromatic rings. The van der Waals surface area contributed by atoms with Crippen LogP contribution in [0.2, 0.25) is 0 Å². The third-order valence-electron chi connectivity index (χ3n) is 7.62. The Morgan fingerprint density at radius 2 is 1.45 bits per heavy atom. The van der Waals surface area contributed by atoms with Crippen LogP contribution in [0.15, 0.2) is 102 Å². The van der Waals surface area contributed by atoms with Crippen molar-refractivity contribution in [2.45, 2.75) is 13.8 Å². The fraction of sp³-hybridized carbons (Fsp3) is 0.0857. The molecule has 3 nitrogen and oxygen atoms in total. The second kappa shape index (κ2) is 8.30. The lowest BCUT2D eigenvalue weighted by Crippen LogP contribution is -2.30. The molecule has 0 aliphatic rings. The van der Waals surface area contributed by atoms with E-state index in [9.17, 15) is 6.63 Å². The molecule has 180 valence electrons. The topological polar surface area (TPSA) is 40.8 Å². The summed E-state index contributed by atoms with van der Waals surface area (Å²) in [5, 5.41) is 16.1. The van der Waals surface area contributed by atoms with Gasteiger partial charge >= 0.3 is 0 Å². The van der Waals surface area contributed by atoms with Crippen molar-refractivity contribution in [1.29, 1.82) is 5.26 Å². The number of nitriles is 1. The van der Waals surface area contributed by atoms with E-state index in [2.05, 4.69) is 67.1 Å². The predicted molar refractivity (Wildman–Crippen MR) is 155 cm³/mol. The van der Waals surface area contributed by atoms with Crippen LogP contribution in [-0.4, -0.2) is 0 Å². The van der Waals surface area contributed by atoms with E-state index in [0.29, 0.717) is 22.8 Å². The Balaban J connectivity index is 1.67. The van der Waals surface area contributed by atoms with Crippen LogP contribution in [0.1, 0.15) is 18.1 Å². The first-order chi connectivity index (χ1) is 19.0. The molecule has 7 rings (SSSR count). The van der Waals surface area contributed by atoms with Crippen LogP contribution in [0.25, 0.3) is 65.9 Å². The quantitative estimate of drug-likeness (QED) is 0.180. The van der Waals surface area contributed by atoms with E-state index >= 15 is 0 Å². The Labute approximate surface area is 222 Å². The molecule has 3 heteroatoms. The van der Waals surface area contributed by atoms with Crippen LogP contribution in [0, 0.1) is 25.2 Å². The molecule has 0 aliphatic heterocycles. The summed E-state index contributed by atoms with van der Waals surface area (Å²) in [6.07, 6.45) is 2.07. The van der Waals surface area contributed by atoms with E-state index in [4.69, 9.17) is 4.42 Å². The fourth-order valence-corrected chi connectivity index (χ4v) is 5.75. The van der Waals surface area contributed by atoms with Gasteiger partial charge in [-0.05, 0) is 70.3 Å². The van der Waals surface area contributed by atoms with Crippen molar-refractivity contribution in [1.82, 2.24) is 0 Å². The molecule has 0 amide bonds. The van der Waals surface area contributed by atoms with Crippen LogP contribution < -0.4 is 4.57 Å². The van der Waals surface area contributed by atoms with Gasteiger partial charge in [-0.2, -0.15) is 5.26 Å². The van der Waals surface area contributed by atoms with Crippen molar-refractivity contribution in [3.63, 3.8) is 0 Å². The van der Waals surface area contributed by atoms with E-state index in [1.54, 1.807) is 0 Å². The molecule has 0 unspecified atom stereocenters. The van der Waals surface area contributed by atoms with Crippen molar-refractivity contribution in [2.75, 3.05) is 0 Å². The van der Waals surface area contributed by atoms with Crippen LogP contribution >= 0.6 is 0 Å². The van der Waals surface area contributed by atoms with Gasteiger partial charge in [-0.3, -0.25) is 0 Å². The number of benzene rings is 5. The van der Waals surface area contributed by atoms with Gasteiger partial charge in [0.2, 0.25) is 5.69 Å². The van der Waals surface area contributed by atoms with Crippen molar-refractivity contribution < 1.29 is 10.4 Å². The van der Waals surface area contributed by atoms with Crippen LogP contribution in [0.5, 0.6) is 0 Å². The Bertz CT molecular complexity index is 2180.